The Labute approximate surface area is 115 Å². The number of nitrogens with one attached hydrogen (secondary N) is 1. The molecule has 0 aliphatic rings. The third-order valence-corrected chi connectivity index (χ3v) is 2.93. The van der Waals surface area contributed by atoms with Crippen molar-refractivity contribution in [2.24, 2.45) is 5.73 Å². The smallest absolute Gasteiger partial charge is 0.253 e. The molecular weight excluding hydrogens is 258 g/mol. The summed E-state index contributed by atoms with van der Waals surface area (Å²) in [7, 11) is 1.58. The maximum absolute atomic E-state index is 11.9. The Kier molecular flexibility index (Phi) is 3.84. The van der Waals surface area contributed by atoms with Gasteiger partial charge in [-0.05, 0) is 25.1 Å². The molecule has 0 unspecified atom stereocenters. The standard InChI is InChI=1S/C14H15N3O3/c1-8(13(15)18)17-14(19)10-5-9-3-4-11(20-2)6-12(9)16-7-10/h3-8H,1-2H3,(H2,15,18)(H,17,19)/t8-/m1/s1. The van der Waals surface area contributed by atoms with Crippen LogP contribution in [-0.4, -0.2) is 29.9 Å². The third kappa shape index (κ3) is 2.85. The van der Waals surface area contributed by atoms with Crippen molar-refractivity contribution >= 4 is 22.7 Å². The molecule has 0 bridgehead atoms. The number of methoxy groups -OCH3 is 1. The number of carbonyl (C=O) groups excluding carboxylic acids is 2. The summed E-state index contributed by atoms with van der Waals surface area (Å²) in [5.74, 6) is -0.275. The van der Waals surface area contributed by atoms with Crippen LogP contribution in [0.15, 0.2) is 30.5 Å². The number of carbonyl (C=O) groups is 2. The first-order valence-electron chi connectivity index (χ1n) is 6.05. The normalized spacial score (nSPS) is 11.9. The van der Waals surface area contributed by atoms with Gasteiger partial charge in [-0.15, -0.1) is 0 Å². The van der Waals surface area contributed by atoms with E-state index in [4.69, 9.17) is 10.5 Å². The molecule has 1 heterocycles. The average molecular weight is 273 g/mol. The van der Waals surface area contributed by atoms with Crippen LogP contribution in [0, 0.1) is 0 Å². The van der Waals surface area contributed by atoms with Gasteiger partial charge in [-0.25, -0.2) is 0 Å². The van der Waals surface area contributed by atoms with Crippen LogP contribution in [0.5, 0.6) is 5.75 Å². The highest BCUT2D eigenvalue weighted by atomic mass is 16.5. The minimum atomic E-state index is -0.728. The maximum atomic E-state index is 11.9. The largest absolute Gasteiger partial charge is 0.497 e. The van der Waals surface area contributed by atoms with Gasteiger partial charge in [0.1, 0.15) is 11.8 Å². The summed E-state index contributed by atoms with van der Waals surface area (Å²) < 4.78 is 5.11. The second-order valence-corrected chi connectivity index (χ2v) is 4.38. The molecule has 1 aromatic heterocycles. The summed E-state index contributed by atoms with van der Waals surface area (Å²) in [4.78, 5) is 27.1. The van der Waals surface area contributed by atoms with Gasteiger partial charge in [-0.1, -0.05) is 0 Å². The van der Waals surface area contributed by atoms with Crippen LogP contribution >= 0.6 is 0 Å². The van der Waals surface area contributed by atoms with Crippen molar-refractivity contribution in [1.82, 2.24) is 10.3 Å². The van der Waals surface area contributed by atoms with Gasteiger partial charge in [0.15, 0.2) is 0 Å². The third-order valence-electron chi connectivity index (χ3n) is 2.93. The number of fused-ring (bicyclic) bond motifs is 1. The molecule has 1 atom stereocenters. The molecule has 0 saturated carbocycles. The molecular formula is C14H15N3O3. The van der Waals surface area contributed by atoms with Gasteiger partial charge in [0.05, 0.1) is 18.2 Å². The molecule has 104 valence electrons. The minimum absolute atomic E-state index is 0.371. The lowest BCUT2D eigenvalue weighted by Gasteiger charge is -2.10. The Morgan fingerprint density at radius 2 is 2.10 bits per heavy atom. The molecule has 3 N–H and O–H groups in total. The first-order chi connectivity index (χ1) is 9.51. The second kappa shape index (κ2) is 5.56. The molecule has 2 amide bonds. The van der Waals surface area contributed by atoms with Crippen molar-refractivity contribution in [2.75, 3.05) is 7.11 Å². The van der Waals surface area contributed by atoms with Gasteiger partial charge in [-0.3, -0.25) is 14.6 Å². The topological polar surface area (TPSA) is 94.3 Å². The van der Waals surface area contributed by atoms with E-state index in [9.17, 15) is 9.59 Å². The summed E-state index contributed by atoms with van der Waals surface area (Å²) in [5, 5.41) is 3.32. The first kappa shape index (κ1) is 13.8. The fraction of sp³-hybridized carbons (Fsp3) is 0.214. The number of benzene rings is 1. The predicted octanol–water partition coefficient (Wildman–Crippen LogP) is 0.847. The second-order valence-electron chi connectivity index (χ2n) is 4.38. The van der Waals surface area contributed by atoms with E-state index in [0.29, 0.717) is 11.3 Å². The van der Waals surface area contributed by atoms with Crippen LogP contribution in [0.3, 0.4) is 0 Å². The van der Waals surface area contributed by atoms with Crippen molar-refractivity contribution in [3.8, 4) is 5.75 Å². The Bertz CT molecular complexity index is 670. The summed E-state index contributed by atoms with van der Waals surface area (Å²) >= 11 is 0. The van der Waals surface area contributed by atoms with E-state index in [1.165, 1.54) is 13.1 Å². The van der Waals surface area contributed by atoms with Crippen molar-refractivity contribution in [3.05, 3.63) is 36.0 Å². The number of amides is 2. The lowest BCUT2D eigenvalue weighted by atomic mass is 10.1. The number of nitrogens with two attached hydrogens (primary N) is 1. The zero-order valence-electron chi connectivity index (χ0n) is 11.2. The monoisotopic (exact) mass is 273 g/mol. The fourth-order valence-electron chi connectivity index (χ4n) is 1.70. The predicted molar refractivity (Wildman–Crippen MR) is 74.4 cm³/mol. The number of nitrogens with zero attached hydrogens (tertiary/aromatic N) is 1. The van der Waals surface area contributed by atoms with Crippen LogP contribution in [0.25, 0.3) is 10.9 Å². The Balaban J connectivity index is 2.27. The van der Waals surface area contributed by atoms with Gasteiger partial charge in [0.25, 0.3) is 5.91 Å². The van der Waals surface area contributed by atoms with Gasteiger partial charge < -0.3 is 15.8 Å². The Morgan fingerprint density at radius 3 is 2.75 bits per heavy atom. The minimum Gasteiger partial charge on any atom is -0.497 e. The highest BCUT2D eigenvalue weighted by Gasteiger charge is 2.14. The highest BCUT2D eigenvalue weighted by Crippen LogP contribution is 2.19. The van der Waals surface area contributed by atoms with Gasteiger partial charge in [0.2, 0.25) is 5.91 Å². The van der Waals surface area contributed by atoms with Gasteiger partial charge >= 0.3 is 0 Å². The van der Waals surface area contributed by atoms with E-state index >= 15 is 0 Å². The van der Waals surface area contributed by atoms with E-state index < -0.39 is 11.9 Å². The zero-order valence-corrected chi connectivity index (χ0v) is 11.2. The van der Waals surface area contributed by atoms with Crippen LogP contribution in [0.2, 0.25) is 0 Å². The highest BCUT2D eigenvalue weighted by molar-refractivity contribution is 5.99. The van der Waals surface area contributed by atoms with Crippen LogP contribution in [0.1, 0.15) is 17.3 Å². The van der Waals surface area contributed by atoms with E-state index in [1.807, 2.05) is 6.07 Å². The number of primary amides is 1. The van der Waals surface area contributed by atoms with Gasteiger partial charge in [-0.2, -0.15) is 0 Å². The summed E-state index contributed by atoms with van der Waals surface area (Å²) in [6, 6.07) is 6.36. The molecule has 0 aliphatic heterocycles. The Morgan fingerprint density at radius 1 is 1.35 bits per heavy atom. The van der Waals surface area contributed by atoms with Crippen molar-refractivity contribution < 1.29 is 14.3 Å². The van der Waals surface area contributed by atoms with Crippen LogP contribution in [0.4, 0.5) is 0 Å². The molecule has 2 aromatic rings. The van der Waals surface area contributed by atoms with Gasteiger partial charge in [0, 0.05) is 17.6 Å². The first-order valence-corrected chi connectivity index (χ1v) is 6.05. The number of aromatic nitrogens is 1. The van der Waals surface area contributed by atoms with E-state index in [-0.39, 0.29) is 5.91 Å². The number of pyridine rings is 1. The van der Waals surface area contributed by atoms with E-state index in [2.05, 4.69) is 10.3 Å². The maximum Gasteiger partial charge on any atom is 0.253 e. The van der Waals surface area contributed by atoms with Crippen LogP contribution in [-0.2, 0) is 4.79 Å². The molecule has 0 spiro atoms. The van der Waals surface area contributed by atoms with Crippen molar-refractivity contribution in [1.29, 1.82) is 0 Å². The number of ether oxygens (including phenoxy) is 1. The fourth-order valence-corrected chi connectivity index (χ4v) is 1.70. The SMILES string of the molecule is COc1ccc2cc(C(=O)N[C@H](C)C(N)=O)cnc2c1. The summed E-state index contributed by atoms with van der Waals surface area (Å²) in [5.41, 5.74) is 6.20. The lowest BCUT2D eigenvalue weighted by molar-refractivity contribution is -0.119. The zero-order chi connectivity index (χ0) is 14.7. The molecule has 0 fully saturated rings. The van der Waals surface area contributed by atoms with Crippen molar-refractivity contribution in [3.63, 3.8) is 0 Å². The molecule has 6 nitrogen and oxygen atoms in total. The van der Waals surface area contributed by atoms with E-state index in [0.717, 1.165) is 10.9 Å². The average Bonchev–Trinajstić information content (AvgIpc) is 2.45. The number of hydrogen-bond donors (Lipinski definition) is 2. The number of hydrogen-bond acceptors (Lipinski definition) is 4. The van der Waals surface area contributed by atoms with E-state index in [1.54, 1.807) is 25.3 Å². The molecule has 20 heavy (non-hydrogen) atoms. The Hall–Kier alpha value is -2.63. The molecule has 1 aromatic carbocycles. The number of rotatable bonds is 4. The van der Waals surface area contributed by atoms with Crippen LogP contribution < -0.4 is 15.8 Å². The molecule has 0 saturated heterocycles. The quantitative estimate of drug-likeness (QED) is 0.863. The summed E-state index contributed by atoms with van der Waals surface area (Å²) in [6.07, 6.45) is 1.45. The van der Waals surface area contributed by atoms with Crippen molar-refractivity contribution in [2.45, 2.75) is 13.0 Å². The lowest BCUT2D eigenvalue weighted by Crippen LogP contribution is -2.42. The molecule has 0 aliphatic carbocycles. The molecule has 0 radical (unpaired) electrons. The summed E-state index contributed by atoms with van der Waals surface area (Å²) in [6.45, 7) is 1.53. The molecule has 2 rings (SSSR count). The molecule has 6 heteroatoms.